The summed E-state index contributed by atoms with van der Waals surface area (Å²) in [7, 11) is 0. The first-order valence-corrected chi connectivity index (χ1v) is 5.46. The highest BCUT2D eigenvalue weighted by molar-refractivity contribution is 6.31. The lowest BCUT2D eigenvalue weighted by Crippen LogP contribution is -2.24. The molecule has 1 atom stereocenters. The maximum absolute atomic E-state index is 6.05. The largest absolute Gasteiger partial charge is 0.327 e. The van der Waals surface area contributed by atoms with Gasteiger partial charge in [0, 0.05) is 11.1 Å². The maximum Gasteiger partial charge on any atom is 0.0438 e. The van der Waals surface area contributed by atoms with E-state index in [1.807, 2.05) is 24.3 Å². The van der Waals surface area contributed by atoms with E-state index in [1.165, 1.54) is 0 Å². The molecule has 0 spiro atoms. The molecule has 0 radical (unpaired) electrons. The molecule has 1 aromatic rings. The Hall–Kier alpha value is -0.530. The minimum atomic E-state index is 0.217. The van der Waals surface area contributed by atoms with Crippen LogP contribution in [0, 0.1) is 5.92 Å². The molecule has 0 aliphatic carbocycles. The van der Waals surface area contributed by atoms with Gasteiger partial charge in [-0.1, -0.05) is 43.6 Å². The molecule has 2 N–H and O–H groups in total. The summed E-state index contributed by atoms with van der Waals surface area (Å²) in [6.45, 7) is 4.37. The lowest BCUT2D eigenvalue weighted by molar-refractivity contribution is 0.493. The fourth-order valence-corrected chi connectivity index (χ4v) is 1.85. The zero-order valence-electron chi connectivity index (χ0n) is 8.83. The Morgan fingerprint density at radius 3 is 2.50 bits per heavy atom. The van der Waals surface area contributed by atoms with Crippen molar-refractivity contribution < 1.29 is 0 Å². The lowest BCUT2D eigenvalue weighted by atomic mass is 9.98. The topological polar surface area (TPSA) is 26.0 Å². The van der Waals surface area contributed by atoms with E-state index in [-0.39, 0.29) is 6.04 Å². The summed E-state index contributed by atoms with van der Waals surface area (Å²) < 4.78 is 0. The average molecular weight is 212 g/mol. The molecule has 0 aliphatic rings. The van der Waals surface area contributed by atoms with Gasteiger partial charge in [0.1, 0.15) is 0 Å². The standard InChI is InChI=1S/C12H18ClN/c1-9(2)7-11(14)8-10-5-3-4-6-12(10)13/h3-6,9,11H,7-8,14H2,1-2H3. The molecule has 0 saturated heterocycles. The molecule has 0 aliphatic heterocycles. The smallest absolute Gasteiger partial charge is 0.0438 e. The first kappa shape index (κ1) is 11.5. The van der Waals surface area contributed by atoms with Gasteiger partial charge in [-0.2, -0.15) is 0 Å². The van der Waals surface area contributed by atoms with Crippen LogP contribution in [0.5, 0.6) is 0 Å². The number of hydrogen-bond acceptors (Lipinski definition) is 1. The summed E-state index contributed by atoms with van der Waals surface area (Å²) in [5.41, 5.74) is 7.17. The van der Waals surface area contributed by atoms with Gasteiger partial charge < -0.3 is 5.73 Å². The third-order valence-corrected chi connectivity index (χ3v) is 2.58. The van der Waals surface area contributed by atoms with Crippen molar-refractivity contribution in [2.24, 2.45) is 11.7 Å². The van der Waals surface area contributed by atoms with Gasteiger partial charge in [0.2, 0.25) is 0 Å². The minimum absolute atomic E-state index is 0.217. The molecule has 0 bridgehead atoms. The van der Waals surface area contributed by atoms with Crippen LogP contribution in [0.4, 0.5) is 0 Å². The van der Waals surface area contributed by atoms with Crippen molar-refractivity contribution in [2.75, 3.05) is 0 Å². The van der Waals surface area contributed by atoms with Crippen LogP contribution in [0.2, 0.25) is 5.02 Å². The van der Waals surface area contributed by atoms with Gasteiger partial charge in [-0.05, 0) is 30.4 Å². The first-order valence-electron chi connectivity index (χ1n) is 5.08. The third-order valence-electron chi connectivity index (χ3n) is 2.21. The number of benzene rings is 1. The molecule has 1 aromatic carbocycles. The summed E-state index contributed by atoms with van der Waals surface area (Å²) in [5, 5.41) is 0.826. The summed E-state index contributed by atoms with van der Waals surface area (Å²) in [6, 6.07) is 8.12. The van der Waals surface area contributed by atoms with Crippen LogP contribution in [0.3, 0.4) is 0 Å². The summed E-state index contributed by atoms with van der Waals surface area (Å²) >= 11 is 6.05. The number of halogens is 1. The van der Waals surface area contributed by atoms with E-state index < -0.39 is 0 Å². The van der Waals surface area contributed by atoms with Crippen LogP contribution in [0.25, 0.3) is 0 Å². The van der Waals surface area contributed by atoms with Crippen LogP contribution < -0.4 is 5.73 Å². The van der Waals surface area contributed by atoms with Crippen LogP contribution in [-0.4, -0.2) is 6.04 Å². The Morgan fingerprint density at radius 1 is 1.29 bits per heavy atom. The molecular weight excluding hydrogens is 194 g/mol. The van der Waals surface area contributed by atoms with Crippen LogP contribution in [-0.2, 0) is 6.42 Å². The van der Waals surface area contributed by atoms with E-state index in [2.05, 4.69) is 13.8 Å². The highest BCUT2D eigenvalue weighted by Crippen LogP contribution is 2.17. The van der Waals surface area contributed by atoms with Crippen molar-refractivity contribution >= 4 is 11.6 Å². The van der Waals surface area contributed by atoms with Gasteiger partial charge >= 0.3 is 0 Å². The van der Waals surface area contributed by atoms with E-state index in [1.54, 1.807) is 0 Å². The number of hydrogen-bond donors (Lipinski definition) is 1. The molecule has 1 rings (SSSR count). The Kier molecular flexibility index (Phi) is 4.43. The van der Waals surface area contributed by atoms with Gasteiger partial charge in [0.25, 0.3) is 0 Å². The second kappa shape index (κ2) is 5.38. The van der Waals surface area contributed by atoms with Crippen LogP contribution in [0.1, 0.15) is 25.8 Å². The molecule has 2 heteroatoms. The normalized spacial score (nSPS) is 13.2. The van der Waals surface area contributed by atoms with Crippen molar-refractivity contribution in [2.45, 2.75) is 32.7 Å². The SMILES string of the molecule is CC(C)CC(N)Cc1ccccc1Cl. The average Bonchev–Trinajstić information content (AvgIpc) is 2.07. The zero-order valence-corrected chi connectivity index (χ0v) is 9.59. The van der Waals surface area contributed by atoms with Crippen LogP contribution in [0.15, 0.2) is 24.3 Å². The van der Waals surface area contributed by atoms with Crippen LogP contribution >= 0.6 is 11.6 Å². The Morgan fingerprint density at radius 2 is 1.93 bits per heavy atom. The fraction of sp³-hybridized carbons (Fsp3) is 0.500. The highest BCUT2D eigenvalue weighted by atomic mass is 35.5. The van der Waals surface area contributed by atoms with E-state index in [0.29, 0.717) is 5.92 Å². The van der Waals surface area contributed by atoms with E-state index in [9.17, 15) is 0 Å². The molecule has 0 heterocycles. The number of rotatable bonds is 4. The lowest BCUT2D eigenvalue weighted by Gasteiger charge is -2.14. The Bertz CT molecular complexity index is 283. The van der Waals surface area contributed by atoms with Gasteiger partial charge in [-0.3, -0.25) is 0 Å². The van der Waals surface area contributed by atoms with Crippen molar-refractivity contribution in [3.63, 3.8) is 0 Å². The van der Waals surface area contributed by atoms with Gasteiger partial charge in [0.15, 0.2) is 0 Å². The number of nitrogens with two attached hydrogens (primary N) is 1. The van der Waals surface area contributed by atoms with Crippen molar-refractivity contribution in [1.29, 1.82) is 0 Å². The second-order valence-corrected chi connectivity index (χ2v) is 4.59. The van der Waals surface area contributed by atoms with Crippen molar-refractivity contribution in [3.05, 3.63) is 34.9 Å². The molecular formula is C12H18ClN. The summed E-state index contributed by atoms with van der Waals surface area (Å²) in [5.74, 6) is 0.646. The molecule has 1 nitrogen and oxygen atoms in total. The van der Waals surface area contributed by atoms with Gasteiger partial charge in [0.05, 0.1) is 0 Å². The molecule has 0 fully saturated rings. The van der Waals surface area contributed by atoms with E-state index in [4.69, 9.17) is 17.3 Å². The van der Waals surface area contributed by atoms with E-state index in [0.717, 1.165) is 23.4 Å². The maximum atomic E-state index is 6.05. The molecule has 0 amide bonds. The van der Waals surface area contributed by atoms with E-state index >= 15 is 0 Å². The quantitative estimate of drug-likeness (QED) is 0.813. The fourth-order valence-electron chi connectivity index (χ4n) is 1.64. The molecule has 14 heavy (non-hydrogen) atoms. The zero-order chi connectivity index (χ0) is 10.6. The molecule has 78 valence electrons. The molecule has 0 saturated carbocycles. The van der Waals surface area contributed by atoms with Gasteiger partial charge in [-0.15, -0.1) is 0 Å². The predicted octanol–water partition coefficient (Wildman–Crippen LogP) is 3.26. The molecule has 1 unspecified atom stereocenters. The second-order valence-electron chi connectivity index (χ2n) is 4.19. The monoisotopic (exact) mass is 211 g/mol. The summed E-state index contributed by atoms with van der Waals surface area (Å²) in [6.07, 6.45) is 1.92. The predicted molar refractivity (Wildman–Crippen MR) is 62.6 cm³/mol. The Balaban J connectivity index is 2.56. The molecule has 0 aromatic heterocycles. The summed E-state index contributed by atoms with van der Waals surface area (Å²) in [4.78, 5) is 0. The van der Waals surface area contributed by atoms with Gasteiger partial charge in [-0.25, -0.2) is 0 Å². The highest BCUT2D eigenvalue weighted by Gasteiger charge is 2.08. The minimum Gasteiger partial charge on any atom is -0.327 e. The van der Waals surface area contributed by atoms with Crippen molar-refractivity contribution in [1.82, 2.24) is 0 Å². The first-order chi connectivity index (χ1) is 6.59. The Labute approximate surface area is 91.3 Å². The van der Waals surface area contributed by atoms with Crippen molar-refractivity contribution in [3.8, 4) is 0 Å². The third kappa shape index (κ3) is 3.69.